The lowest BCUT2D eigenvalue weighted by molar-refractivity contribution is -0.139. The lowest BCUT2D eigenvalue weighted by Gasteiger charge is -2.09. The van der Waals surface area contributed by atoms with Crippen molar-refractivity contribution in [1.29, 1.82) is 0 Å². The van der Waals surface area contributed by atoms with Crippen LogP contribution < -0.4 is 5.32 Å². The first-order valence-electron chi connectivity index (χ1n) is 5.04. The largest absolute Gasteiger partial charge is 0.468 e. The number of rotatable bonds is 6. The van der Waals surface area contributed by atoms with E-state index < -0.39 is 0 Å². The summed E-state index contributed by atoms with van der Waals surface area (Å²) in [5.74, 6) is -0.256. The van der Waals surface area contributed by atoms with Gasteiger partial charge in [0.05, 0.1) is 7.11 Å². The Morgan fingerprint density at radius 1 is 1.75 bits per heavy atom. The summed E-state index contributed by atoms with van der Waals surface area (Å²) in [7, 11) is 3.29. The molecule has 0 aromatic carbocycles. The fraction of sp³-hybridized carbons (Fsp3) is 0.600. The van der Waals surface area contributed by atoms with Crippen LogP contribution in [-0.4, -0.2) is 40.8 Å². The van der Waals surface area contributed by atoms with Crippen molar-refractivity contribution in [3.8, 4) is 0 Å². The molecule has 0 radical (unpaired) electrons. The number of ether oxygens (including phenoxy) is 1. The molecule has 1 atom stereocenters. The second-order valence-electron chi connectivity index (χ2n) is 3.39. The van der Waals surface area contributed by atoms with Gasteiger partial charge in [0.2, 0.25) is 0 Å². The average Bonchev–Trinajstić information content (AvgIpc) is 2.69. The highest BCUT2D eigenvalue weighted by Crippen LogP contribution is 2.00. The lowest BCUT2D eigenvalue weighted by Crippen LogP contribution is -2.31. The summed E-state index contributed by atoms with van der Waals surface area (Å²) in [6.07, 6.45) is 2.66. The SMILES string of the molecule is COC(=O)C(Br)CNCCc1ccnn1C. The van der Waals surface area contributed by atoms with Gasteiger partial charge in [-0.3, -0.25) is 9.48 Å². The number of carbonyl (C=O) groups is 1. The molecule has 5 nitrogen and oxygen atoms in total. The summed E-state index contributed by atoms with van der Waals surface area (Å²) >= 11 is 3.24. The molecule has 0 fully saturated rings. The molecular weight excluding hydrogens is 274 g/mol. The molecule has 0 aliphatic heterocycles. The van der Waals surface area contributed by atoms with Crippen LogP contribution in [0.25, 0.3) is 0 Å². The highest BCUT2D eigenvalue weighted by atomic mass is 79.9. The van der Waals surface area contributed by atoms with Crippen molar-refractivity contribution in [2.75, 3.05) is 20.2 Å². The Morgan fingerprint density at radius 2 is 2.50 bits per heavy atom. The first-order valence-corrected chi connectivity index (χ1v) is 5.96. The molecule has 16 heavy (non-hydrogen) atoms. The first-order chi connectivity index (χ1) is 7.65. The van der Waals surface area contributed by atoms with Gasteiger partial charge in [0.1, 0.15) is 4.83 Å². The minimum atomic E-state index is -0.288. The average molecular weight is 290 g/mol. The summed E-state index contributed by atoms with van der Waals surface area (Å²) in [5.41, 5.74) is 1.16. The van der Waals surface area contributed by atoms with Gasteiger partial charge in [0, 0.05) is 38.4 Å². The molecule has 1 N–H and O–H groups in total. The van der Waals surface area contributed by atoms with E-state index in [2.05, 4.69) is 31.1 Å². The van der Waals surface area contributed by atoms with Gasteiger partial charge in [-0.15, -0.1) is 0 Å². The molecule has 1 aromatic rings. The third-order valence-corrected chi connectivity index (χ3v) is 2.96. The van der Waals surface area contributed by atoms with Crippen LogP contribution in [0.15, 0.2) is 12.3 Å². The highest BCUT2D eigenvalue weighted by Gasteiger charge is 2.13. The molecule has 1 unspecified atom stereocenters. The number of nitrogens with one attached hydrogen (secondary N) is 1. The fourth-order valence-corrected chi connectivity index (χ4v) is 1.72. The predicted octanol–water partition coefficient (Wildman–Crippen LogP) is 0.489. The molecule has 1 aromatic heterocycles. The Morgan fingerprint density at radius 3 is 3.06 bits per heavy atom. The molecule has 90 valence electrons. The third kappa shape index (κ3) is 3.94. The van der Waals surface area contributed by atoms with Crippen LogP contribution in [0, 0.1) is 0 Å². The van der Waals surface area contributed by atoms with E-state index in [4.69, 9.17) is 0 Å². The molecule has 0 aliphatic rings. The third-order valence-electron chi connectivity index (χ3n) is 2.26. The minimum absolute atomic E-state index is 0.256. The number of hydrogen-bond acceptors (Lipinski definition) is 4. The predicted molar refractivity (Wildman–Crippen MR) is 64.5 cm³/mol. The van der Waals surface area contributed by atoms with E-state index in [0.29, 0.717) is 6.54 Å². The van der Waals surface area contributed by atoms with Gasteiger partial charge in [0.25, 0.3) is 0 Å². The van der Waals surface area contributed by atoms with E-state index >= 15 is 0 Å². The van der Waals surface area contributed by atoms with Gasteiger partial charge in [-0.05, 0) is 6.07 Å². The van der Waals surface area contributed by atoms with Crippen LogP contribution in [0.1, 0.15) is 5.69 Å². The number of carbonyl (C=O) groups excluding carboxylic acids is 1. The fourth-order valence-electron chi connectivity index (χ4n) is 1.30. The van der Waals surface area contributed by atoms with Crippen LogP contribution in [0.3, 0.4) is 0 Å². The van der Waals surface area contributed by atoms with E-state index in [-0.39, 0.29) is 10.8 Å². The number of nitrogens with zero attached hydrogens (tertiary/aromatic N) is 2. The van der Waals surface area contributed by atoms with E-state index in [1.807, 2.05) is 17.8 Å². The van der Waals surface area contributed by atoms with Crippen LogP contribution in [0.2, 0.25) is 0 Å². The Balaban J connectivity index is 2.17. The normalized spacial score (nSPS) is 12.4. The standard InChI is InChI=1S/C10H16BrN3O2/c1-14-8(4-6-13-14)3-5-12-7-9(11)10(15)16-2/h4,6,9,12H,3,5,7H2,1-2H3. The van der Waals surface area contributed by atoms with Crippen molar-refractivity contribution in [3.05, 3.63) is 18.0 Å². The molecule has 0 saturated carbocycles. The number of alkyl halides is 1. The molecule has 1 rings (SSSR count). The zero-order valence-electron chi connectivity index (χ0n) is 9.44. The van der Waals surface area contributed by atoms with Crippen molar-refractivity contribution in [2.45, 2.75) is 11.2 Å². The molecular formula is C10H16BrN3O2. The van der Waals surface area contributed by atoms with Gasteiger partial charge in [-0.2, -0.15) is 5.10 Å². The van der Waals surface area contributed by atoms with Crippen LogP contribution in [-0.2, 0) is 23.0 Å². The maximum atomic E-state index is 11.1. The Hall–Kier alpha value is -0.880. The Labute approximate surface area is 103 Å². The Bertz CT molecular complexity index is 341. The number of halogens is 1. The molecule has 0 saturated heterocycles. The lowest BCUT2D eigenvalue weighted by atomic mass is 10.3. The van der Waals surface area contributed by atoms with E-state index in [0.717, 1.165) is 18.7 Å². The second-order valence-corrected chi connectivity index (χ2v) is 4.50. The summed E-state index contributed by atoms with van der Waals surface area (Å²) in [6.45, 7) is 1.36. The van der Waals surface area contributed by atoms with Gasteiger partial charge in [-0.1, -0.05) is 15.9 Å². The summed E-state index contributed by atoms with van der Waals surface area (Å²) < 4.78 is 6.43. The van der Waals surface area contributed by atoms with Crippen molar-refractivity contribution < 1.29 is 9.53 Å². The number of aryl methyl sites for hydroxylation is 1. The summed E-state index contributed by atoms with van der Waals surface area (Å²) in [6, 6.07) is 1.98. The first kappa shape index (κ1) is 13.2. The number of aromatic nitrogens is 2. The zero-order chi connectivity index (χ0) is 12.0. The minimum Gasteiger partial charge on any atom is -0.468 e. The molecule has 0 bridgehead atoms. The van der Waals surface area contributed by atoms with Crippen LogP contribution in [0.4, 0.5) is 0 Å². The number of methoxy groups -OCH3 is 1. The van der Waals surface area contributed by atoms with Crippen LogP contribution in [0.5, 0.6) is 0 Å². The summed E-state index contributed by atoms with van der Waals surface area (Å²) in [5, 5.41) is 7.25. The highest BCUT2D eigenvalue weighted by molar-refractivity contribution is 9.10. The second kappa shape index (κ2) is 6.65. The zero-order valence-corrected chi connectivity index (χ0v) is 11.0. The van der Waals surface area contributed by atoms with Gasteiger partial charge >= 0.3 is 5.97 Å². The smallest absolute Gasteiger partial charge is 0.320 e. The maximum Gasteiger partial charge on any atom is 0.320 e. The maximum absolute atomic E-state index is 11.1. The topological polar surface area (TPSA) is 56.1 Å². The molecule has 0 spiro atoms. The Kier molecular flexibility index (Phi) is 5.48. The van der Waals surface area contributed by atoms with Crippen molar-refractivity contribution >= 4 is 21.9 Å². The number of esters is 1. The molecule has 0 aliphatic carbocycles. The van der Waals surface area contributed by atoms with Crippen molar-refractivity contribution in [2.24, 2.45) is 7.05 Å². The monoisotopic (exact) mass is 289 g/mol. The quantitative estimate of drug-likeness (QED) is 0.470. The van der Waals surface area contributed by atoms with Crippen LogP contribution >= 0.6 is 15.9 Å². The summed E-state index contributed by atoms with van der Waals surface area (Å²) in [4.78, 5) is 10.8. The van der Waals surface area contributed by atoms with Gasteiger partial charge in [-0.25, -0.2) is 0 Å². The van der Waals surface area contributed by atoms with E-state index in [1.54, 1.807) is 6.20 Å². The van der Waals surface area contributed by atoms with E-state index in [1.165, 1.54) is 7.11 Å². The van der Waals surface area contributed by atoms with Crippen molar-refractivity contribution in [3.63, 3.8) is 0 Å². The van der Waals surface area contributed by atoms with E-state index in [9.17, 15) is 4.79 Å². The molecule has 1 heterocycles. The van der Waals surface area contributed by atoms with Gasteiger partial charge in [0.15, 0.2) is 0 Å². The van der Waals surface area contributed by atoms with Crippen molar-refractivity contribution in [1.82, 2.24) is 15.1 Å². The number of hydrogen-bond donors (Lipinski definition) is 1. The molecule has 0 amide bonds. The molecule has 6 heteroatoms. The van der Waals surface area contributed by atoms with Gasteiger partial charge < -0.3 is 10.1 Å².